The Hall–Kier alpha value is -2.36. The highest BCUT2D eigenvalue weighted by Gasteiger charge is 2.20. The van der Waals surface area contributed by atoms with E-state index in [1.54, 1.807) is 11.3 Å². The Morgan fingerprint density at radius 3 is 2.29 bits per heavy atom. The van der Waals surface area contributed by atoms with Crippen molar-refractivity contribution in [2.45, 2.75) is 19.6 Å². The van der Waals surface area contributed by atoms with Crippen molar-refractivity contribution in [1.29, 1.82) is 0 Å². The molecule has 8 heteroatoms. The quantitative estimate of drug-likeness (QED) is 0.536. The zero-order valence-electron chi connectivity index (χ0n) is 19.6. The topological polar surface area (TPSA) is 60.9 Å². The van der Waals surface area contributed by atoms with Crippen LogP contribution in [0.5, 0.6) is 0 Å². The number of morpholine rings is 1. The number of piperazine rings is 1. The molecule has 3 aromatic rings. The maximum Gasteiger partial charge on any atom is 0.234 e. The smallest absolute Gasteiger partial charge is 0.234 e. The van der Waals surface area contributed by atoms with Crippen molar-refractivity contribution < 1.29 is 9.53 Å². The first-order chi connectivity index (χ1) is 16.7. The molecule has 2 aromatic carbocycles. The third-order valence-corrected chi connectivity index (χ3v) is 7.57. The Balaban J connectivity index is 1.01. The Labute approximate surface area is 205 Å². The maximum atomic E-state index is 12.5. The van der Waals surface area contributed by atoms with Gasteiger partial charge in [-0.2, -0.15) is 0 Å². The van der Waals surface area contributed by atoms with Crippen LogP contribution in [0.2, 0.25) is 0 Å². The Bertz CT molecular complexity index is 1040. The van der Waals surface area contributed by atoms with Crippen LogP contribution in [-0.2, 0) is 29.2 Å². The van der Waals surface area contributed by atoms with Crippen molar-refractivity contribution in [3.63, 3.8) is 0 Å². The van der Waals surface area contributed by atoms with E-state index in [9.17, 15) is 4.79 Å². The van der Waals surface area contributed by atoms with Crippen LogP contribution >= 0.6 is 11.3 Å². The van der Waals surface area contributed by atoms with E-state index in [0.29, 0.717) is 13.1 Å². The number of hydrogen-bond donors (Lipinski definition) is 1. The summed E-state index contributed by atoms with van der Waals surface area (Å²) in [6.45, 7) is 10.3. The second-order valence-electron chi connectivity index (χ2n) is 9.11. The van der Waals surface area contributed by atoms with Gasteiger partial charge in [-0.05, 0) is 23.3 Å². The number of para-hydroxylation sites is 1. The van der Waals surface area contributed by atoms with E-state index in [2.05, 4.69) is 62.5 Å². The van der Waals surface area contributed by atoms with Crippen molar-refractivity contribution in [3.8, 4) is 0 Å². The third kappa shape index (κ3) is 6.40. The molecule has 2 fully saturated rings. The fourth-order valence-corrected chi connectivity index (χ4v) is 5.53. The van der Waals surface area contributed by atoms with Crippen molar-refractivity contribution in [3.05, 3.63) is 64.7 Å². The number of carbonyl (C=O) groups is 1. The van der Waals surface area contributed by atoms with Gasteiger partial charge in [-0.25, -0.2) is 4.98 Å². The standard InChI is InChI=1S/C26H33N5O2S/c32-25(27-17-21-5-7-22(8-6-21)18-31-13-15-33-16-14-31)19-29-9-11-30(12-10-29)20-26-28-23-3-1-2-4-24(23)34-26/h1-8H,9-20H2,(H,27,32). The van der Waals surface area contributed by atoms with Gasteiger partial charge < -0.3 is 10.1 Å². The van der Waals surface area contributed by atoms with Crippen molar-refractivity contribution in [1.82, 2.24) is 25.0 Å². The third-order valence-electron chi connectivity index (χ3n) is 6.55. The summed E-state index contributed by atoms with van der Waals surface area (Å²) in [6.07, 6.45) is 0. The van der Waals surface area contributed by atoms with Crippen LogP contribution in [0.1, 0.15) is 16.1 Å². The molecule has 0 radical (unpaired) electrons. The molecule has 0 spiro atoms. The molecule has 2 aliphatic rings. The molecular weight excluding hydrogens is 446 g/mol. The van der Waals surface area contributed by atoms with Gasteiger partial charge in [0.25, 0.3) is 0 Å². The van der Waals surface area contributed by atoms with Gasteiger partial charge in [-0.15, -0.1) is 11.3 Å². The maximum absolute atomic E-state index is 12.5. The van der Waals surface area contributed by atoms with Gasteiger partial charge in [0.05, 0.1) is 36.5 Å². The number of carbonyl (C=O) groups excluding carboxylic acids is 1. The van der Waals surface area contributed by atoms with Crippen LogP contribution in [0.4, 0.5) is 0 Å². The van der Waals surface area contributed by atoms with Gasteiger partial charge in [0, 0.05) is 52.4 Å². The zero-order chi connectivity index (χ0) is 23.2. The molecule has 34 heavy (non-hydrogen) atoms. The zero-order valence-corrected chi connectivity index (χ0v) is 20.4. The summed E-state index contributed by atoms with van der Waals surface area (Å²) >= 11 is 1.78. The summed E-state index contributed by atoms with van der Waals surface area (Å²) in [5.74, 6) is 0.0945. The van der Waals surface area contributed by atoms with E-state index in [1.807, 2.05) is 6.07 Å². The second kappa shape index (κ2) is 11.4. The predicted octanol–water partition coefficient (Wildman–Crippen LogP) is 2.56. The van der Waals surface area contributed by atoms with Gasteiger partial charge in [-0.3, -0.25) is 19.5 Å². The monoisotopic (exact) mass is 479 g/mol. The summed E-state index contributed by atoms with van der Waals surface area (Å²) in [6, 6.07) is 16.9. The molecule has 3 heterocycles. The first-order valence-corrected chi connectivity index (χ1v) is 13.0. The average Bonchev–Trinajstić information content (AvgIpc) is 3.28. The van der Waals surface area contributed by atoms with Gasteiger partial charge in [0.2, 0.25) is 5.91 Å². The van der Waals surface area contributed by atoms with Gasteiger partial charge >= 0.3 is 0 Å². The molecule has 0 unspecified atom stereocenters. The minimum atomic E-state index is 0.0945. The number of fused-ring (bicyclic) bond motifs is 1. The predicted molar refractivity (Wildman–Crippen MR) is 136 cm³/mol. The summed E-state index contributed by atoms with van der Waals surface area (Å²) in [5.41, 5.74) is 3.53. The molecule has 1 aromatic heterocycles. The molecule has 0 atom stereocenters. The number of aromatic nitrogens is 1. The summed E-state index contributed by atoms with van der Waals surface area (Å²) in [4.78, 5) is 24.3. The molecule has 0 aliphatic carbocycles. The summed E-state index contributed by atoms with van der Waals surface area (Å²) in [7, 11) is 0. The number of thiazole rings is 1. The van der Waals surface area contributed by atoms with Gasteiger partial charge in [-0.1, -0.05) is 36.4 Å². The van der Waals surface area contributed by atoms with Crippen LogP contribution in [0.3, 0.4) is 0 Å². The summed E-state index contributed by atoms with van der Waals surface area (Å²) < 4.78 is 6.66. The Kier molecular flexibility index (Phi) is 7.83. The van der Waals surface area contributed by atoms with E-state index in [1.165, 1.54) is 15.3 Å². The molecule has 0 bridgehead atoms. The minimum absolute atomic E-state index is 0.0945. The van der Waals surface area contributed by atoms with Gasteiger partial charge in [0.15, 0.2) is 0 Å². The molecule has 2 saturated heterocycles. The van der Waals surface area contributed by atoms with E-state index in [4.69, 9.17) is 9.72 Å². The highest BCUT2D eigenvalue weighted by molar-refractivity contribution is 7.18. The summed E-state index contributed by atoms with van der Waals surface area (Å²) in [5, 5.41) is 4.25. The SMILES string of the molecule is O=C(CN1CCN(Cc2nc3ccccc3s2)CC1)NCc1ccc(CN2CCOCC2)cc1. The molecule has 2 aliphatic heterocycles. The molecule has 7 nitrogen and oxygen atoms in total. The van der Waals surface area contributed by atoms with Crippen LogP contribution in [0, 0.1) is 0 Å². The lowest BCUT2D eigenvalue weighted by molar-refractivity contribution is -0.122. The van der Waals surface area contributed by atoms with Crippen molar-refractivity contribution in [2.24, 2.45) is 0 Å². The van der Waals surface area contributed by atoms with E-state index in [-0.39, 0.29) is 5.91 Å². The molecule has 1 amide bonds. The number of benzene rings is 2. The second-order valence-corrected chi connectivity index (χ2v) is 10.2. The number of nitrogens with one attached hydrogen (secondary N) is 1. The first-order valence-electron chi connectivity index (χ1n) is 12.1. The van der Waals surface area contributed by atoms with Gasteiger partial charge in [0.1, 0.15) is 5.01 Å². The van der Waals surface area contributed by atoms with E-state index in [0.717, 1.165) is 76.7 Å². The van der Waals surface area contributed by atoms with E-state index < -0.39 is 0 Å². The molecule has 5 rings (SSSR count). The Morgan fingerprint density at radius 1 is 0.853 bits per heavy atom. The Morgan fingerprint density at radius 2 is 1.53 bits per heavy atom. The van der Waals surface area contributed by atoms with Crippen molar-refractivity contribution in [2.75, 3.05) is 59.0 Å². The van der Waals surface area contributed by atoms with Crippen LogP contribution in [-0.4, -0.2) is 84.6 Å². The number of hydrogen-bond acceptors (Lipinski definition) is 7. The lowest BCUT2D eigenvalue weighted by Crippen LogP contribution is -2.49. The molecule has 1 N–H and O–H groups in total. The highest BCUT2D eigenvalue weighted by Crippen LogP contribution is 2.23. The van der Waals surface area contributed by atoms with Crippen LogP contribution in [0.15, 0.2) is 48.5 Å². The van der Waals surface area contributed by atoms with Crippen LogP contribution < -0.4 is 5.32 Å². The number of amides is 1. The van der Waals surface area contributed by atoms with E-state index >= 15 is 0 Å². The average molecular weight is 480 g/mol. The minimum Gasteiger partial charge on any atom is -0.379 e. The fourth-order valence-electron chi connectivity index (χ4n) is 4.52. The highest BCUT2D eigenvalue weighted by atomic mass is 32.1. The molecule has 180 valence electrons. The first kappa shape index (κ1) is 23.4. The normalized spacial score (nSPS) is 18.4. The van der Waals surface area contributed by atoms with Crippen molar-refractivity contribution >= 4 is 27.5 Å². The lowest BCUT2D eigenvalue weighted by atomic mass is 10.1. The number of nitrogens with zero attached hydrogens (tertiary/aromatic N) is 4. The lowest BCUT2D eigenvalue weighted by Gasteiger charge is -2.33. The molecular formula is C26H33N5O2S. The largest absolute Gasteiger partial charge is 0.379 e. The number of rotatable bonds is 8. The molecule has 0 saturated carbocycles. The fraction of sp³-hybridized carbons (Fsp3) is 0.462. The number of ether oxygens (including phenoxy) is 1. The van der Waals surface area contributed by atoms with Crippen LogP contribution in [0.25, 0.3) is 10.2 Å².